The number of amides is 2. The zero-order chi connectivity index (χ0) is 15.7. The van der Waals surface area contributed by atoms with Gasteiger partial charge in [0.1, 0.15) is 11.1 Å². The molecule has 0 bridgehead atoms. The predicted molar refractivity (Wildman–Crippen MR) is 82.8 cm³/mol. The van der Waals surface area contributed by atoms with E-state index in [1.165, 1.54) is 11.3 Å². The summed E-state index contributed by atoms with van der Waals surface area (Å²) in [5.74, 6) is -0.0392. The number of piperazine rings is 1. The lowest BCUT2D eigenvalue weighted by Gasteiger charge is -2.50. The van der Waals surface area contributed by atoms with Gasteiger partial charge in [-0.25, -0.2) is 0 Å². The van der Waals surface area contributed by atoms with E-state index >= 15 is 0 Å². The van der Waals surface area contributed by atoms with E-state index in [1.54, 1.807) is 16.6 Å². The lowest BCUT2D eigenvalue weighted by atomic mass is 9.81. The molecule has 0 radical (unpaired) electrons. The van der Waals surface area contributed by atoms with Crippen molar-refractivity contribution in [3.05, 3.63) is 16.6 Å². The van der Waals surface area contributed by atoms with Crippen LogP contribution in [0.3, 0.4) is 0 Å². The molecule has 1 atom stereocenters. The van der Waals surface area contributed by atoms with E-state index in [4.69, 9.17) is 0 Å². The van der Waals surface area contributed by atoms with Crippen LogP contribution in [-0.2, 0) is 16.1 Å². The van der Waals surface area contributed by atoms with Crippen molar-refractivity contribution in [2.75, 3.05) is 0 Å². The molecule has 1 aromatic heterocycles. The highest BCUT2D eigenvalue weighted by Crippen LogP contribution is 2.34. The first-order valence-electron chi connectivity index (χ1n) is 7.45. The molecule has 1 fully saturated rings. The van der Waals surface area contributed by atoms with Gasteiger partial charge in [-0.1, -0.05) is 20.8 Å². The second-order valence-electron chi connectivity index (χ2n) is 5.73. The molecule has 2 rings (SSSR count). The van der Waals surface area contributed by atoms with Gasteiger partial charge in [0.2, 0.25) is 11.8 Å². The van der Waals surface area contributed by atoms with Gasteiger partial charge in [0, 0.05) is 11.1 Å². The van der Waals surface area contributed by atoms with Gasteiger partial charge < -0.3 is 10.2 Å². The molecular formula is C15H23N3O2S. The van der Waals surface area contributed by atoms with Crippen LogP contribution in [0.2, 0.25) is 0 Å². The summed E-state index contributed by atoms with van der Waals surface area (Å²) in [6, 6.07) is 0. The minimum atomic E-state index is -0.797. The van der Waals surface area contributed by atoms with Crippen LogP contribution in [0.1, 0.15) is 51.8 Å². The molecule has 1 aliphatic rings. The summed E-state index contributed by atoms with van der Waals surface area (Å²) in [6.45, 7) is 8.12. The zero-order valence-electron chi connectivity index (χ0n) is 13.1. The molecule has 1 aromatic rings. The SMILES string of the molecule is CCC1(CC)NC(=O)C(C)(CC)N(Cc2cncs2)C1=O. The molecule has 1 aliphatic heterocycles. The Labute approximate surface area is 129 Å². The van der Waals surface area contributed by atoms with Crippen molar-refractivity contribution < 1.29 is 9.59 Å². The smallest absolute Gasteiger partial charge is 0.249 e. The van der Waals surface area contributed by atoms with Crippen LogP contribution in [0.25, 0.3) is 0 Å². The summed E-state index contributed by atoms with van der Waals surface area (Å²) in [5, 5.41) is 2.99. The molecule has 0 saturated carbocycles. The van der Waals surface area contributed by atoms with Gasteiger partial charge in [-0.05, 0) is 26.2 Å². The molecule has 0 aliphatic carbocycles. The second kappa shape index (κ2) is 5.75. The van der Waals surface area contributed by atoms with Crippen molar-refractivity contribution in [1.82, 2.24) is 15.2 Å². The average molecular weight is 309 g/mol. The van der Waals surface area contributed by atoms with Gasteiger partial charge >= 0.3 is 0 Å². The van der Waals surface area contributed by atoms with E-state index in [9.17, 15) is 9.59 Å². The van der Waals surface area contributed by atoms with Crippen molar-refractivity contribution in [1.29, 1.82) is 0 Å². The molecule has 1 N–H and O–H groups in total. The molecule has 5 nitrogen and oxygen atoms in total. The maximum atomic E-state index is 13.1. The molecule has 2 amide bonds. The second-order valence-corrected chi connectivity index (χ2v) is 6.70. The summed E-state index contributed by atoms with van der Waals surface area (Å²) in [7, 11) is 0. The standard InChI is InChI=1S/C15H23N3O2S/c1-5-14(4)12(19)17-15(6-2,7-3)13(20)18(14)9-11-8-16-10-21-11/h8,10H,5-7,9H2,1-4H3,(H,17,19). The number of carbonyl (C=O) groups excluding carboxylic acids is 2. The van der Waals surface area contributed by atoms with Crippen LogP contribution in [0.4, 0.5) is 0 Å². The topological polar surface area (TPSA) is 62.3 Å². The van der Waals surface area contributed by atoms with Crippen LogP contribution in [-0.4, -0.2) is 32.8 Å². The monoisotopic (exact) mass is 309 g/mol. The number of hydrogen-bond acceptors (Lipinski definition) is 4. The minimum absolute atomic E-state index is 0.0184. The summed E-state index contributed by atoms with van der Waals surface area (Å²) in [5.41, 5.74) is 0.186. The van der Waals surface area contributed by atoms with Gasteiger partial charge in [-0.15, -0.1) is 11.3 Å². The largest absolute Gasteiger partial charge is 0.340 e. The highest BCUT2D eigenvalue weighted by Gasteiger charge is 2.54. The predicted octanol–water partition coefficient (Wildman–Crippen LogP) is 2.33. The zero-order valence-corrected chi connectivity index (χ0v) is 13.9. The van der Waals surface area contributed by atoms with E-state index in [0.717, 1.165) is 4.88 Å². The molecule has 21 heavy (non-hydrogen) atoms. The molecule has 1 unspecified atom stereocenters. The first-order valence-corrected chi connectivity index (χ1v) is 8.33. The highest BCUT2D eigenvalue weighted by molar-refractivity contribution is 7.09. The molecule has 1 saturated heterocycles. The van der Waals surface area contributed by atoms with Crippen molar-refractivity contribution >= 4 is 23.2 Å². The number of thiazole rings is 1. The van der Waals surface area contributed by atoms with Gasteiger partial charge in [-0.2, -0.15) is 0 Å². The normalized spacial score (nSPS) is 25.0. The van der Waals surface area contributed by atoms with E-state index in [0.29, 0.717) is 25.8 Å². The van der Waals surface area contributed by atoms with E-state index < -0.39 is 11.1 Å². The molecule has 0 aromatic carbocycles. The Hall–Kier alpha value is -1.43. The number of aromatic nitrogens is 1. The molecule has 116 valence electrons. The Morgan fingerprint density at radius 3 is 2.38 bits per heavy atom. The number of nitrogens with zero attached hydrogens (tertiary/aromatic N) is 2. The third-order valence-corrected chi connectivity index (χ3v) is 5.55. The van der Waals surface area contributed by atoms with Crippen LogP contribution in [0.5, 0.6) is 0 Å². The fraction of sp³-hybridized carbons (Fsp3) is 0.667. The van der Waals surface area contributed by atoms with Gasteiger partial charge in [0.05, 0.1) is 12.1 Å². The lowest BCUT2D eigenvalue weighted by Crippen LogP contribution is -2.74. The Morgan fingerprint density at radius 1 is 1.24 bits per heavy atom. The molecule has 0 spiro atoms. The van der Waals surface area contributed by atoms with Gasteiger partial charge in [0.25, 0.3) is 0 Å². The van der Waals surface area contributed by atoms with Crippen LogP contribution < -0.4 is 5.32 Å². The number of rotatable bonds is 5. The summed E-state index contributed by atoms with van der Waals surface area (Å²) >= 11 is 1.51. The minimum Gasteiger partial charge on any atom is -0.340 e. The Balaban J connectivity index is 2.42. The van der Waals surface area contributed by atoms with Gasteiger partial charge in [0.15, 0.2) is 0 Å². The fourth-order valence-corrected chi connectivity index (χ4v) is 3.40. The summed E-state index contributed by atoms with van der Waals surface area (Å²) in [6.07, 6.45) is 3.56. The first-order chi connectivity index (χ1) is 9.93. The van der Waals surface area contributed by atoms with Crippen molar-refractivity contribution in [2.45, 2.75) is 64.6 Å². The maximum Gasteiger partial charge on any atom is 0.249 e. The van der Waals surface area contributed by atoms with Crippen LogP contribution in [0, 0.1) is 0 Å². The molecular weight excluding hydrogens is 286 g/mol. The van der Waals surface area contributed by atoms with Gasteiger partial charge in [-0.3, -0.25) is 14.6 Å². The Kier molecular flexibility index (Phi) is 4.37. The Morgan fingerprint density at radius 2 is 1.90 bits per heavy atom. The van der Waals surface area contributed by atoms with Crippen LogP contribution in [0.15, 0.2) is 11.7 Å². The third kappa shape index (κ3) is 2.46. The van der Waals surface area contributed by atoms with Crippen molar-refractivity contribution in [3.8, 4) is 0 Å². The molecule has 6 heteroatoms. The fourth-order valence-electron chi connectivity index (χ4n) is 2.81. The number of nitrogens with one attached hydrogen (secondary N) is 1. The quantitative estimate of drug-likeness (QED) is 0.908. The van der Waals surface area contributed by atoms with Crippen molar-refractivity contribution in [3.63, 3.8) is 0 Å². The van der Waals surface area contributed by atoms with Crippen molar-refractivity contribution in [2.24, 2.45) is 0 Å². The van der Waals surface area contributed by atoms with Crippen LogP contribution >= 0.6 is 11.3 Å². The number of carbonyl (C=O) groups is 2. The van der Waals surface area contributed by atoms with E-state index in [1.807, 2.05) is 27.7 Å². The summed E-state index contributed by atoms with van der Waals surface area (Å²) in [4.78, 5) is 32.5. The number of hydrogen-bond donors (Lipinski definition) is 1. The van der Waals surface area contributed by atoms with E-state index in [-0.39, 0.29) is 11.8 Å². The highest BCUT2D eigenvalue weighted by atomic mass is 32.1. The average Bonchev–Trinajstić information content (AvgIpc) is 3.00. The Bertz CT molecular complexity index is 525. The lowest BCUT2D eigenvalue weighted by molar-refractivity contribution is -0.163. The third-order valence-electron chi connectivity index (χ3n) is 4.79. The molecule has 2 heterocycles. The first kappa shape index (κ1) is 15.9. The maximum absolute atomic E-state index is 13.1. The van der Waals surface area contributed by atoms with E-state index in [2.05, 4.69) is 10.3 Å². The summed E-state index contributed by atoms with van der Waals surface area (Å²) < 4.78 is 0.